The van der Waals surface area contributed by atoms with Gasteiger partial charge in [0.2, 0.25) is 28.9 Å². The summed E-state index contributed by atoms with van der Waals surface area (Å²) < 4.78 is 51.9. The molecule has 4 fully saturated rings. The molecule has 0 spiro atoms. The summed E-state index contributed by atoms with van der Waals surface area (Å²) in [7, 11) is 0.750. The van der Waals surface area contributed by atoms with E-state index in [4.69, 9.17) is 74.3 Å². The zero-order chi connectivity index (χ0) is 71.5. The number of thiol groups is 1. The summed E-state index contributed by atoms with van der Waals surface area (Å²) in [5.74, 6) is -5.58. The van der Waals surface area contributed by atoms with Gasteiger partial charge in [-0.15, -0.1) is 12.6 Å². The largest absolute Gasteiger partial charge is 1.00 e. The van der Waals surface area contributed by atoms with Crippen LogP contribution in [0.25, 0.3) is 0 Å². The van der Waals surface area contributed by atoms with Crippen LogP contribution in [0.4, 0.5) is 0 Å². The van der Waals surface area contributed by atoms with Crippen molar-refractivity contribution in [3.05, 3.63) is 0 Å². The monoisotopic (exact) mass is 1470 g/mol. The first-order valence-corrected chi connectivity index (χ1v) is 29.2. The number of thioether (sulfide) groups is 1. The Labute approximate surface area is 625 Å². The van der Waals surface area contributed by atoms with Crippen LogP contribution in [-0.2, 0) is 122 Å². The second-order valence-corrected chi connectivity index (χ2v) is 22.2. The van der Waals surface area contributed by atoms with Crippen molar-refractivity contribution in [2.24, 2.45) is 0 Å². The minimum atomic E-state index is -1.45. The van der Waals surface area contributed by atoms with Crippen LogP contribution in [0.15, 0.2) is 0 Å². The Morgan fingerprint density at radius 3 is 1.12 bits per heavy atom. The summed E-state index contributed by atoms with van der Waals surface area (Å²) in [5, 5.41) is 82.2. The Hall–Kier alpha value is -2.63. The number of halogens is 2. The van der Waals surface area contributed by atoms with Crippen molar-refractivity contribution >= 4 is 135 Å². The van der Waals surface area contributed by atoms with Crippen molar-refractivity contribution in [3.63, 3.8) is 0 Å². The molecule has 42 heteroatoms. The molecule has 4 rings (SSSR count). The van der Waals surface area contributed by atoms with Gasteiger partial charge in [0.05, 0.1) is 19.3 Å². The van der Waals surface area contributed by atoms with Crippen molar-refractivity contribution in [3.8, 4) is 0 Å². The molecule has 93 heavy (non-hydrogen) atoms. The number of hydrogen-bond donors (Lipinski definition) is 12. The summed E-state index contributed by atoms with van der Waals surface area (Å²) in [4.78, 5) is 143. The van der Waals surface area contributed by atoms with E-state index in [9.17, 15) is 87.9 Å². The molecular weight excluding hydrogens is 1390 g/mol. The van der Waals surface area contributed by atoms with Gasteiger partial charge in [0.1, 0.15) is 91.0 Å². The first-order valence-electron chi connectivity index (χ1n) is 26.5. The fourth-order valence-electron chi connectivity index (χ4n) is 7.81. The molecule has 35 nitrogen and oxygen atoms in total. The van der Waals surface area contributed by atoms with Crippen LogP contribution in [0.2, 0.25) is 0 Å². The number of aliphatic hydroxyl groups excluding tert-OH is 7. The smallest absolute Gasteiger partial charge is 0.857 e. The molecule has 0 bridgehead atoms. The van der Waals surface area contributed by atoms with Gasteiger partial charge in [-0.25, -0.2) is 0 Å². The van der Waals surface area contributed by atoms with Gasteiger partial charge in [0.15, 0.2) is 41.4 Å². The van der Waals surface area contributed by atoms with Crippen LogP contribution in [0.1, 0.15) is 90.0 Å². The summed E-state index contributed by atoms with van der Waals surface area (Å²) in [5.41, 5.74) is -2.81. The van der Waals surface area contributed by atoms with Gasteiger partial charge in [-0.05, 0) is 18.5 Å². The number of rotatable bonds is 15. The predicted molar refractivity (Wildman–Crippen MR) is 315 cm³/mol. The van der Waals surface area contributed by atoms with E-state index in [1.165, 1.54) is 62.3 Å². The van der Waals surface area contributed by atoms with Gasteiger partial charge in [0, 0.05) is 88.2 Å². The molecule has 0 aromatic rings. The molecule has 20 atom stereocenters. The number of carbonyl (C=O) groups is 13. The van der Waals surface area contributed by atoms with Crippen LogP contribution in [0, 0.1) is 0 Å². The van der Waals surface area contributed by atoms with Crippen molar-refractivity contribution < 1.29 is 231 Å². The van der Waals surface area contributed by atoms with E-state index in [1.807, 2.05) is 0 Å². The topological polar surface area (TPSA) is 527 Å². The average molecular weight is 1480 g/mol. The first kappa shape index (κ1) is 99.0. The molecule has 0 aromatic carbocycles. The molecule has 0 aliphatic carbocycles. The maximum absolute atomic E-state index is 11.6. The van der Waals surface area contributed by atoms with Crippen LogP contribution < -0.4 is 107 Å². The van der Waals surface area contributed by atoms with E-state index in [2.05, 4.69) is 58.1 Å². The second kappa shape index (κ2) is 52.4. The zero-order valence-corrected chi connectivity index (χ0v) is 63.0. The van der Waals surface area contributed by atoms with Crippen LogP contribution >= 0.6 is 47.6 Å². The Bertz CT molecular complexity index is 2320. The average Bonchev–Trinajstić information content (AvgIpc) is 0.811. The summed E-state index contributed by atoms with van der Waals surface area (Å²) in [6.07, 6.45) is -15.1. The predicted octanol–water partition coefficient (Wildman–Crippen LogP) is -11.6. The van der Waals surface area contributed by atoms with Gasteiger partial charge in [0.25, 0.3) is 0 Å². The fraction of sp³-hybridized carbons (Fsp3) is 0.745. The number of alkyl halides is 1. The molecule has 526 valence electrons. The third kappa shape index (κ3) is 42.0. The van der Waals surface area contributed by atoms with E-state index in [1.54, 1.807) is 0 Å². The van der Waals surface area contributed by atoms with Gasteiger partial charge >= 0.3 is 117 Å². The Morgan fingerprint density at radius 1 is 0.484 bits per heavy atom. The van der Waals surface area contributed by atoms with E-state index < -0.39 is 187 Å². The zero-order valence-electron chi connectivity index (χ0n) is 53.8. The molecule has 0 saturated carbocycles. The van der Waals surface area contributed by atoms with E-state index in [-0.39, 0.29) is 116 Å². The third-order valence-corrected chi connectivity index (χ3v) is 12.7. The van der Waals surface area contributed by atoms with Gasteiger partial charge in [-0.1, -0.05) is 23.4 Å². The van der Waals surface area contributed by atoms with E-state index in [0.717, 1.165) is 46.6 Å². The van der Waals surface area contributed by atoms with E-state index >= 15 is 0 Å². The minimum Gasteiger partial charge on any atom is -0.857 e. The quantitative estimate of drug-likeness (QED) is 0.0138. The Morgan fingerprint density at radius 2 is 0.785 bits per heavy atom. The second-order valence-electron chi connectivity index (χ2n) is 18.9. The Balaban J connectivity index is -0.000000358. The number of amides is 4. The molecule has 4 aliphatic heterocycles. The Kier molecular flexibility index (Phi) is 55.8. The molecule has 0 radical (unpaired) electrons. The van der Waals surface area contributed by atoms with Gasteiger partial charge in [-0.3, -0.25) is 57.5 Å². The van der Waals surface area contributed by atoms with Crippen molar-refractivity contribution in [2.45, 2.75) is 210 Å². The minimum absolute atomic E-state index is 0. The number of nitrogens with one attached hydrogen (secondary N) is 4. The maximum Gasteiger partial charge on any atom is 1.00 e. The molecule has 4 saturated heterocycles. The number of aliphatic hydroxyl groups is 7. The van der Waals surface area contributed by atoms with Crippen molar-refractivity contribution in [1.82, 2.24) is 21.3 Å². The normalized spacial score (nSPS) is 29.4. The van der Waals surface area contributed by atoms with Crippen molar-refractivity contribution in [1.29, 1.82) is 0 Å². The molecule has 4 aliphatic rings. The first-order chi connectivity index (χ1) is 42.0. The number of ether oxygens (including phenoxy) is 10. The van der Waals surface area contributed by atoms with Crippen LogP contribution in [0.3, 0.4) is 0 Å². The van der Waals surface area contributed by atoms with E-state index in [0.29, 0.717) is 0 Å². The number of hydrogen-bond acceptors (Lipinski definition) is 34. The molecule has 11 N–H and O–H groups in total. The molecule has 4 amide bonds. The fourth-order valence-corrected chi connectivity index (χ4v) is 9.45. The van der Waals surface area contributed by atoms with Gasteiger partial charge in [-0.2, -0.15) is 7.11 Å². The molecule has 0 aromatic heterocycles. The summed E-state index contributed by atoms with van der Waals surface area (Å²) >= 11 is 19.5. The SMILES string of the molecule is CC(=O)Cl.CC(=O)NC1C(Cl)OC(COC(C)=O)C(OC(C)=O)C1OC(C)=O.CC(=O)NC1C(O)OC(CO)C(O)C1O.CC(=O)NC1C(S)OC(CO)C(O)C1O.CC(=O)NC1C(SC(C)=O)OC(COC(C)=O)C(OC(C)=O)C1OC(C)=O.CC(=O)[S-].C[O-].[K+].[Na+]. The van der Waals surface area contributed by atoms with Crippen LogP contribution in [0.5, 0.6) is 0 Å². The maximum atomic E-state index is 11.6. The standard InChI is InChI=1S/C16H23NO9S.C14H20ClNO8.C8H15NO6.C8H15NO5S.C2H3ClO.C2H4OS.CH3O.K.Na/c1-7(18)17-13-15(25-10(4)21)14(24-9(3)20)12(6-23-8(2)19)26-16(13)27-11(5)22;1-6(17)16-11-13(23-9(4)20)12(22-8(3)19)10(24-14(11)15)5-21-7(2)18;1-3(11)9-5-7(13)6(12)4(2-10)15-8(5)14;1-3(11)9-5-7(13)6(12)4(2-10)14-8(5)15;2*1-2(3)4;1-2;;/h12-16H,6H2,1-5H3,(H,17,18);10-14H,5H2,1-4H3,(H,16,17);4-8,10,12-14H,2H2,1H3,(H,9,11);4-8,10,12-13,15H,2H2,1H3,(H,9,11);1H3;1H3,(H,3,4);1H3;;/q;;;;;;-1;2*+1/p-1. The van der Waals surface area contributed by atoms with Crippen LogP contribution in [-0.4, -0.2) is 264 Å². The third-order valence-electron chi connectivity index (χ3n) is 10.9. The number of esters is 6. The van der Waals surface area contributed by atoms with Crippen molar-refractivity contribution in [2.75, 3.05) is 33.5 Å². The number of carbonyl (C=O) groups excluding carboxylic acids is 13. The molecule has 20 unspecified atom stereocenters. The molecular formula is C51H82Cl2KN4NaO31S3. The summed E-state index contributed by atoms with van der Waals surface area (Å²) in [6.45, 7) is 14.4. The summed E-state index contributed by atoms with van der Waals surface area (Å²) in [6, 6.07) is -3.81. The van der Waals surface area contributed by atoms with Gasteiger partial charge < -0.3 is 127 Å². The molecule has 4 heterocycles.